The van der Waals surface area contributed by atoms with Crippen LogP contribution < -0.4 is 4.74 Å². The summed E-state index contributed by atoms with van der Waals surface area (Å²) in [6.07, 6.45) is 4.15. The second-order valence-corrected chi connectivity index (χ2v) is 6.45. The molecule has 3 rings (SSSR count). The molecule has 2 aromatic heterocycles. The van der Waals surface area contributed by atoms with E-state index in [1.54, 1.807) is 43.1 Å². The predicted octanol–water partition coefficient (Wildman–Crippen LogP) is 4.23. The Labute approximate surface area is 145 Å². The normalized spacial score (nSPS) is 10.5. The lowest BCUT2D eigenvalue weighted by Gasteiger charge is -2.22. The number of furan rings is 1. The molecule has 0 bridgehead atoms. The van der Waals surface area contributed by atoms with E-state index in [1.807, 2.05) is 29.2 Å². The Hall–Kier alpha value is -2.53. The molecule has 124 valence electrons. The Morgan fingerprint density at radius 1 is 1.21 bits per heavy atom. The molecule has 0 saturated heterocycles. The van der Waals surface area contributed by atoms with E-state index in [0.717, 1.165) is 17.7 Å². The van der Waals surface area contributed by atoms with Gasteiger partial charge in [0.2, 0.25) is 0 Å². The van der Waals surface area contributed by atoms with Crippen molar-refractivity contribution in [3.05, 3.63) is 76.4 Å². The van der Waals surface area contributed by atoms with Gasteiger partial charge in [0, 0.05) is 29.1 Å². The molecule has 4 nitrogen and oxygen atoms in total. The van der Waals surface area contributed by atoms with E-state index in [2.05, 4.69) is 11.4 Å². The maximum absolute atomic E-state index is 12.9. The lowest BCUT2D eigenvalue weighted by molar-refractivity contribution is 0.0745. The fourth-order valence-electron chi connectivity index (χ4n) is 2.47. The fourth-order valence-corrected chi connectivity index (χ4v) is 3.17. The molecule has 0 aliphatic rings. The summed E-state index contributed by atoms with van der Waals surface area (Å²) in [5.41, 5.74) is 1.65. The van der Waals surface area contributed by atoms with Crippen molar-refractivity contribution in [3.8, 4) is 5.75 Å². The number of hydrogen-bond acceptors (Lipinski definition) is 4. The molecular weight excluding hydrogens is 322 g/mol. The molecule has 0 unspecified atom stereocenters. The number of carbonyl (C=O) groups is 1. The Morgan fingerprint density at radius 3 is 2.67 bits per heavy atom. The van der Waals surface area contributed by atoms with Gasteiger partial charge in [-0.05, 0) is 48.2 Å². The van der Waals surface area contributed by atoms with Crippen molar-refractivity contribution >= 4 is 17.2 Å². The Morgan fingerprint density at radius 2 is 2.04 bits per heavy atom. The van der Waals surface area contributed by atoms with Crippen molar-refractivity contribution in [1.29, 1.82) is 0 Å². The summed E-state index contributed by atoms with van der Waals surface area (Å²) < 4.78 is 10.3. The van der Waals surface area contributed by atoms with Gasteiger partial charge in [-0.1, -0.05) is 6.07 Å². The summed E-state index contributed by atoms with van der Waals surface area (Å²) in [7, 11) is 1.61. The average molecular weight is 341 g/mol. The summed E-state index contributed by atoms with van der Waals surface area (Å²) in [5, 5.41) is 2.06. The third-order valence-corrected chi connectivity index (χ3v) is 4.72. The third kappa shape index (κ3) is 4.06. The number of nitrogens with zero attached hydrogens (tertiary/aromatic N) is 1. The van der Waals surface area contributed by atoms with Crippen LogP contribution in [0.4, 0.5) is 0 Å². The highest BCUT2D eigenvalue weighted by atomic mass is 32.1. The lowest BCUT2D eigenvalue weighted by atomic mass is 10.1. The van der Waals surface area contributed by atoms with Gasteiger partial charge < -0.3 is 14.1 Å². The smallest absolute Gasteiger partial charge is 0.254 e. The van der Waals surface area contributed by atoms with Crippen molar-refractivity contribution in [3.63, 3.8) is 0 Å². The molecule has 0 spiro atoms. The summed E-state index contributed by atoms with van der Waals surface area (Å²) in [5.74, 6) is 0.752. The highest BCUT2D eigenvalue weighted by Gasteiger charge is 2.17. The van der Waals surface area contributed by atoms with Crippen molar-refractivity contribution in [2.75, 3.05) is 13.7 Å². The minimum absolute atomic E-state index is 0.00964. The van der Waals surface area contributed by atoms with E-state index in [0.29, 0.717) is 18.7 Å². The van der Waals surface area contributed by atoms with Crippen LogP contribution in [0.1, 0.15) is 20.8 Å². The summed E-state index contributed by atoms with van der Waals surface area (Å²) in [4.78, 5) is 16.0. The van der Waals surface area contributed by atoms with Gasteiger partial charge in [-0.2, -0.15) is 0 Å². The molecule has 2 heterocycles. The molecule has 1 amide bonds. The maximum atomic E-state index is 12.9. The van der Waals surface area contributed by atoms with Crippen LogP contribution in [-0.2, 0) is 13.0 Å². The summed E-state index contributed by atoms with van der Waals surface area (Å²) in [6, 6.07) is 13.2. The molecule has 0 aliphatic heterocycles. The molecule has 0 radical (unpaired) electrons. The van der Waals surface area contributed by atoms with Crippen LogP contribution in [-0.4, -0.2) is 24.5 Å². The van der Waals surface area contributed by atoms with Crippen LogP contribution in [0.2, 0.25) is 0 Å². The molecular formula is C19H19NO3S. The first kappa shape index (κ1) is 16.3. The number of amides is 1. The first-order chi connectivity index (χ1) is 11.8. The van der Waals surface area contributed by atoms with Crippen molar-refractivity contribution in [1.82, 2.24) is 4.90 Å². The largest absolute Gasteiger partial charge is 0.497 e. The van der Waals surface area contributed by atoms with Crippen LogP contribution in [0.25, 0.3) is 0 Å². The Balaban J connectivity index is 1.74. The molecule has 5 heteroatoms. The first-order valence-corrected chi connectivity index (χ1v) is 8.61. The number of hydrogen-bond donors (Lipinski definition) is 0. The Bertz CT molecular complexity index is 749. The number of carbonyl (C=O) groups excluding carboxylic acids is 1. The van der Waals surface area contributed by atoms with E-state index >= 15 is 0 Å². The topological polar surface area (TPSA) is 42.7 Å². The summed E-state index contributed by atoms with van der Waals surface area (Å²) in [6.45, 7) is 1.20. The van der Waals surface area contributed by atoms with Crippen LogP contribution in [0.3, 0.4) is 0 Å². The molecule has 1 aromatic carbocycles. The maximum Gasteiger partial charge on any atom is 0.254 e. The minimum atomic E-state index is 0.00964. The zero-order valence-electron chi connectivity index (χ0n) is 13.5. The quantitative estimate of drug-likeness (QED) is 0.646. The molecule has 3 aromatic rings. The van der Waals surface area contributed by atoms with Gasteiger partial charge in [0.15, 0.2) is 0 Å². The van der Waals surface area contributed by atoms with Crippen LogP contribution in [0.15, 0.2) is 64.8 Å². The number of ether oxygens (including phenoxy) is 1. The van der Waals surface area contributed by atoms with Gasteiger partial charge in [0.25, 0.3) is 5.91 Å². The highest BCUT2D eigenvalue weighted by molar-refractivity contribution is 7.09. The minimum Gasteiger partial charge on any atom is -0.497 e. The van der Waals surface area contributed by atoms with E-state index in [-0.39, 0.29) is 5.91 Å². The highest BCUT2D eigenvalue weighted by Crippen LogP contribution is 2.17. The Kier molecular flexibility index (Phi) is 5.33. The third-order valence-electron chi connectivity index (χ3n) is 3.79. The fraction of sp³-hybridized carbons (Fsp3) is 0.211. The predicted molar refractivity (Wildman–Crippen MR) is 94.5 cm³/mol. The standard InChI is InChI=1S/C19H19NO3S/c1-22-17-6-4-16(5-7-17)19(21)20(13-15-9-11-23-14-15)10-8-18-3-2-12-24-18/h2-7,9,11-12,14H,8,10,13H2,1H3. The number of rotatable bonds is 7. The molecule has 0 fully saturated rings. The van der Waals surface area contributed by atoms with Gasteiger partial charge >= 0.3 is 0 Å². The number of methoxy groups -OCH3 is 1. The number of benzene rings is 1. The second-order valence-electron chi connectivity index (χ2n) is 5.42. The second kappa shape index (κ2) is 7.84. The number of thiophene rings is 1. The first-order valence-electron chi connectivity index (χ1n) is 7.73. The van der Waals surface area contributed by atoms with Gasteiger partial charge in [0.05, 0.1) is 19.6 Å². The van der Waals surface area contributed by atoms with Crippen molar-refractivity contribution < 1.29 is 13.9 Å². The van der Waals surface area contributed by atoms with Crippen molar-refractivity contribution in [2.24, 2.45) is 0 Å². The van der Waals surface area contributed by atoms with E-state index in [1.165, 1.54) is 4.88 Å². The SMILES string of the molecule is COc1ccc(C(=O)N(CCc2cccs2)Cc2ccoc2)cc1. The van der Waals surface area contributed by atoms with Crippen molar-refractivity contribution in [2.45, 2.75) is 13.0 Å². The van der Waals surface area contributed by atoms with Gasteiger partial charge in [-0.25, -0.2) is 0 Å². The zero-order chi connectivity index (χ0) is 16.8. The molecule has 0 atom stereocenters. The van der Waals surface area contributed by atoms with E-state index in [4.69, 9.17) is 9.15 Å². The molecule has 0 N–H and O–H groups in total. The monoisotopic (exact) mass is 341 g/mol. The average Bonchev–Trinajstić information content (AvgIpc) is 3.32. The van der Waals surface area contributed by atoms with Crippen LogP contribution in [0, 0.1) is 0 Å². The summed E-state index contributed by atoms with van der Waals surface area (Å²) >= 11 is 1.71. The molecule has 0 saturated carbocycles. The zero-order valence-corrected chi connectivity index (χ0v) is 14.3. The van der Waals surface area contributed by atoms with Crippen LogP contribution in [0.5, 0.6) is 5.75 Å². The molecule has 24 heavy (non-hydrogen) atoms. The van der Waals surface area contributed by atoms with Gasteiger partial charge in [0.1, 0.15) is 5.75 Å². The van der Waals surface area contributed by atoms with Gasteiger partial charge in [-0.15, -0.1) is 11.3 Å². The van der Waals surface area contributed by atoms with E-state index in [9.17, 15) is 4.79 Å². The van der Waals surface area contributed by atoms with E-state index < -0.39 is 0 Å². The van der Waals surface area contributed by atoms with Gasteiger partial charge in [-0.3, -0.25) is 4.79 Å². The van der Waals surface area contributed by atoms with Crippen LogP contribution >= 0.6 is 11.3 Å². The lowest BCUT2D eigenvalue weighted by Crippen LogP contribution is -2.32. The molecule has 0 aliphatic carbocycles.